The maximum atomic E-state index is 13.3. The first-order chi connectivity index (χ1) is 14.1. The second-order valence-corrected chi connectivity index (χ2v) is 8.22. The van der Waals surface area contributed by atoms with Crippen molar-refractivity contribution in [2.45, 2.75) is 32.4 Å². The molecule has 4 heteroatoms. The lowest BCUT2D eigenvalue weighted by atomic mass is 10.1. The van der Waals surface area contributed by atoms with Crippen LogP contribution < -0.4 is 4.90 Å². The minimum absolute atomic E-state index is 0.0781. The summed E-state index contributed by atoms with van der Waals surface area (Å²) in [5, 5.41) is 0. The summed E-state index contributed by atoms with van der Waals surface area (Å²) < 4.78 is 0. The predicted molar refractivity (Wildman–Crippen MR) is 120 cm³/mol. The number of nitrogens with zero attached hydrogens (tertiary/aromatic N) is 3. The number of fused-ring (bicyclic) bond motifs is 1. The van der Waals surface area contributed by atoms with Gasteiger partial charge < -0.3 is 4.90 Å². The number of benzene rings is 2. The fourth-order valence-electron chi connectivity index (χ4n) is 4.49. The number of hydrogen-bond donors (Lipinski definition) is 0. The lowest BCUT2D eigenvalue weighted by molar-refractivity contribution is -0.124. The second kappa shape index (κ2) is 8.93. The number of piperazine rings is 1. The van der Waals surface area contributed by atoms with Crippen LogP contribution in [0.3, 0.4) is 0 Å². The zero-order valence-corrected chi connectivity index (χ0v) is 17.5. The van der Waals surface area contributed by atoms with Gasteiger partial charge in [-0.15, -0.1) is 0 Å². The number of hydrogen-bond acceptors (Lipinski definition) is 3. The molecule has 4 nitrogen and oxygen atoms in total. The molecule has 0 spiro atoms. The molecule has 0 radical (unpaired) electrons. The summed E-state index contributed by atoms with van der Waals surface area (Å²) >= 11 is 0. The van der Waals surface area contributed by atoms with E-state index in [0.717, 1.165) is 44.8 Å². The quantitative estimate of drug-likeness (QED) is 0.780. The maximum absolute atomic E-state index is 13.3. The van der Waals surface area contributed by atoms with Gasteiger partial charge in [0.05, 0.1) is 6.04 Å². The van der Waals surface area contributed by atoms with Crippen molar-refractivity contribution in [3.63, 3.8) is 0 Å². The zero-order chi connectivity index (χ0) is 20.2. The normalized spacial score (nSPS) is 21.4. The van der Waals surface area contributed by atoms with Crippen LogP contribution in [-0.4, -0.2) is 60.5 Å². The van der Waals surface area contributed by atoms with Gasteiger partial charge in [0, 0.05) is 44.5 Å². The van der Waals surface area contributed by atoms with E-state index >= 15 is 0 Å². The van der Waals surface area contributed by atoms with Crippen molar-refractivity contribution >= 4 is 17.7 Å². The molecule has 1 fully saturated rings. The molecule has 1 amide bonds. The van der Waals surface area contributed by atoms with Gasteiger partial charge in [-0.2, -0.15) is 0 Å². The van der Waals surface area contributed by atoms with Crippen molar-refractivity contribution in [1.82, 2.24) is 9.80 Å². The third kappa shape index (κ3) is 4.44. The fourth-order valence-corrected chi connectivity index (χ4v) is 4.49. The number of para-hydroxylation sites is 1. The van der Waals surface area contributed by atoms with Crippen molar-refractivity contribution in [1.29, 1.82) is 0 Å². The Hall–Kier alpha value is -2.43. The lowest BCUT2D eigenvalue weighted by Gasteiger charge is -2.38. The molecular weight excluding hydrogens is 358 g/mol. The van der Waals surface area contributed by atoms with Crippen LogP contribution in [0.15, 0.2) is 60.7 Å². The highest BCUT2D eigenvalue weighted by Crippen LogP contribution is 2.32. The summed E-state index contributed by atoms with van der Waals surface area (Å²) in [4.78, 5) is 20.1. The number of rotatable bonds is 5. The first kappa shape index (κ1) is 19.9. The van der Waals surface area contributed by atoms with E-state index in [4.69, 9.17) is 0 Å². The third-order valence-electron chi connectivity index (χ3n) is 6.23. The van der Waals surface area contributed by atoms with Crippen LogP contribution in [0.4, 0.5) is 5.69 Å². The van der Waals surface area contributed by atoms with Gasteiger partial charge in [0.15, 0.2) is 0 Å². The molecule has 152 valence electrons. The second-order valence-electron chi connectivity index (χ2n) is 8.22. The van der Waals surface area contributed by atoms with E-state index in [-0.39, 0.29) is 18.0 Å². The van der Waals surface area contributed by atoms with Gasteiger partial charge in [-0.3, -0.25) is 14.6 Å². The standard InChI is InChI=1S/C25H31N3O/c1-20-19-23-12-6-7-13-24(23)28(20)25(29)21(2)27-17-15-26(16-18-27)14-8-11-22-9-4-3-5-10-22/h3-13,20-21H,14-19H2,1-2H3/b11-8+/t20-,21-/m1/s1. The van der Waals surface area contributed by atoms with Gasteiger partial charge in [-0.05, 0) is 37.5 Å². The summed E-state index contributed by atoms with van der Waals surface area (Å²) in [6.07, 6.45) is 5.38. The van der Waals surface area contributed by atoms with E-state index < -0.39 is 0 Å². The molecule has 2 aromatic carbocycles. The summed E-state index contributed by atoms with van der Waals surface area (Å²) in [6.45, 7) is 9.07. The van der Waals surface area contributed by atoms with Gasteiger partial charge in [-0.25, -0.2) is 0 Å². The number of amides is 1. The van der Waals surface area contributed by atoms with Gasteiger partial charge >= 0.3 is 0 Å². The molecule has 0 bridgehead atoms. The topological polar surface area (TPSA) is 26.8 Å². The minimum Gasteiger partial charge on any atom is -0.308 e. The predicted octanol–water partition coefficient (Wildman–Crippen LogP) is 3.68. The first-order valence-corrected chi connectivity index (χ1v) is 10.7. The first-order valence-electron chi connectivity index (χ1n) is 10.7. The van der Waals surface area contributed by atoms with Crippen LogP contribution >= 0.6 is 0 Å². The van der Waals surface area contributed by atoms with Crippen LogP contribution in [-0.2, 0) is 11.2 Å². The van der Waals surface area contributed by atoms with Crippen molar-refractivity contribution in [2.75, 3.05) is 37.6 Å². The van der Waals surface area contributed by atoms with Gasteiger partial charge in [0.2, 0.25) is 5.91 Å². The van der Waals surface area contributed by atoms with Crippen molar-refractivity contribution in [2.24, 2.45) is 0 Å². The molecule has 0 N–H and O–H groups in total. The minimum atomic E-state index is -0.0781. The van der Waals surface area contributed by atoms with E-state index in [2.05, 4.69) is 78.3 Å². The highest BCUT2D eigenvalue weighted by atomic mass is 16.2. The lowest BCUT2D eigenvalue weighted by Crippen LogP contribution is -2.55. The van der Waals surface area contributed by atoms with Crippen LogP contribution in [0.1, 0.15) is 25.0 Å². The van der Waals surface area contributed by atoms with Crippen molar-refractivity contribution < 1.29 is 4.79 Å². The molecule has 2 aromatic rings. The molecule has 0 saturated carbocycles. The Morgan fingerprint density at radius 3 is 2.48 bits per heavy atom. The fraction of sp³-hybridized carbons (Fsp3) is 0.400. The molecule has 29 heavy (non-hydrogen) atoms. The maximum Gasteiger partial charge on any atom is 0.244 e. The largest absolute Gasteiger partial charge is 0.308 e. The van der Waals surface area contributed by atoms with Crippen LogP contribution in [0.5, 0.6) is 0 Å². The Kier molecular flexibility index (Phi) is 6.12. The number of carbonyl (C=O) groups is 1. The van der Waals surface area contributed by atoms with E-state index in [9.17, 15) is 4.79 Å². The van der Waals surface area contributed by atoms with Gasteiger partial charge in [-0.1, -0.05) is 60.7 Å². The van der Waals surface area contributed by atoms with Crippen LogP contribution in [0.25, 0.3) is 6.08 Å². The highest BCUT2D eigenvalue weighted by molar-refractivity contribution is 5.99. The Bertz CT molecular complexity index is 855. The van der Waals surface area contributed by atoms with Crippen molar-refractivity contribution in [3.8, 4) is 0 Å². The molecule has 2 aliphatic rings. The molecule has 1 saturated heterocycles. The summed E-state index contributed by atoms with van der Waals surface area (Å²) in [5.41, 5.74) is 3.63. The SMILES string of the molecule is C[C@H](C(=O)N1c2ccccc2C[C@H]1C)N1CCN(C/C=C/c2ccccc2)CC1. The average Bonchev–Trinajstić information content (AvgIpc) is 3.09. The van der Waals surface area contributed by atoms with Crippen molar-refractivity contribution in [3.05, 3.63) is 71.8 Å². The smallest absolute Gasteiger partial charge is 0.244 e. The summed E-state index contributed by atoms with van der Waals surface area (Å²) in [6, 6.07) is 18.9. The Labute approximate surface area is 174 Å². The molecule has 0 unspecified atom stereocenters. The highest BCUT2D eigenvalue weighted by Gasteiger charge is 2.35. The zero-order valence-electron chi connectivity index (χ0n) is 17.5. The van der Waals surface area contributed by atoms with E-state index in [1.54, 1.807) is 0 Å². The Morgan fingerprint density at radius 1 is 1.03 bits per heavy atom. The molecule has 0 aliphatic carbocycles. The molecule has 2 atom stereocenters. The van der Waals surface area contributed by atoms with Gasteiger partial charge in [0.1, 0.15) is 0 Å². The van der Waals surface area contributed by atoms with E-state index in [1.807, 2.05) is 17.0 Å². The van der Waals surface area contributed by atoms with Gasteiger partial charge in [0.25, 0.3) is 0 Å². The Balaban J connectivity index is 1.30. The van der Waals surface area contributed by atoms with E-state index in [1.165, 1.54) is 11.1 Å². The average molecular weight is 390 g/mol. The number of anilines is 1. The Morgan fingerprint density at radius 2 is 1.72 bits per heavy atom. The summed E-state index contributed by atoms with van der Waals surface area (Å²) in [5.74, 6) is 0.236. The third-order valence-corrected chi connectivity index (χ3v) is 6.23. The monoisotopic (exact) mass is 389 g/mol. The molecule has 2 heterocycles. The van der Waals surface area contributed by atoms with Crippen LogP contribution in [0.2, 0.25) is 0 Å². The molecule has 0 aromatic heterocycles. The van der Waals surface area contributed by atoms with Crippen LogP contribution in [0, 0.1) is 0 Å². The molecule has 4 rings (SSSR count). The molecule has 2 aliphatic heterocycles. The molecular formula is C25H31N3O. The summed E-state index contributed by atoms with van der Waals surface area (Å²) in [7, 11) is 0. The number of carbonyl (C=O) groups excluding carboxylic acids is 1. The van der Waals surface area contributed by atoms with E-state index in [0.29, 0.717) is 0 Å².